The van der Waals surface area contributed by atoms with Gasteiger partial charge in [0, 0.05) is 18.1 Å². The van der Waals surface area contributed by atoms with Gasteiger partial charge < -0.3 is 15.0 Å². The maximum absolute atomic E-state index is 12.0. The molecule has 1 atom stereocenters. The second kappa shape index (κ2) is 6.07. The van der Waals surface area contributed by atoms with Crippen LogP contribution in [0.4, 0.5) is 4.79 Å². The number of ether oxygens (including phenoxy) is 1. The summed E-state index contributed by atoms with van der Waals surface area (Å²) in [4.78, 5) is 13.8. The monoisotopic (exact) mass is 268 g/mol. The van der Waals surface area contributed by atoms with Gasteiger partial charge in [-0.05, 0) is 24.6 Å². The van der Waals surface area contributed by atoms with E-state index in [0.717, 1.165) is 5.56 Å². The fraction of sp³-hybridized carbons (Fsp3) is 0.462. The first kappa shape index (κ1) is 13.2. The number of hydrogen-bond acceptors (Lipinski definition) is 2. The van der Waals surface area contributed by atoms with Crippen molar-refractivity contribution in [2.45, 2.75) is 13.0 Å². The van der Waals surface area contributed by atoms with Gasteiger partial charge in [0.2, 0.25) is 0 Å². The van der Waals surface area contributed by atoms with Crippen molar-refractivity contribution >= 4 is 17.6 Å². The lowest BCUT2D eigenvalue weighted by molar-refractivity contribution is 0.0526. The number of rotatable bonds is 2. The summed E-state index contributed by atoms with van der Waals surface area (Å²) in [5.74, 6) is 0. The van der Waals surface area contributed by atoms with E-state index in [1.165, 1.54) is 0 Å². The summed E-state index contributed by atoms with van der Waals surface area (Å²) in [7, 11) is 0. The molecule has 18 heavy (non-hydrogen) atoms. The van der Waals surface area contributed by atoms with Crippen molar-refractivity contribution < 1.29 is 9.53 Å². The van der Waals surface area contributed by atoms with E-state index in [-0.39, 0.29) is 12.1 Å². The largest absolute Gasteiger partial charge is 0.378 e. The average molecular weight is 269 g/mol. The molecule has 2 amide bonds. The summed E-state index contributed by atoms with van der Waals surface area (Å²) in [6.07, 6.45) is 0. The Kier molecular flexibility index (Phi) is 4.44. The fourth-order valence-electron chi connectivity index (χ4n) is 1.90. The second-order valence-corrected chi connectivity index (χ2v) is 4.76. The molecule has 1 unspecified atom stereocenters. The van der Waals surface area contributed by atoms with Crippen LogP contribution >= 0.6 is 11.6 Å². The Morgan fingerprint density at radius 2 is 2.17 bits per heavy atom. The minimum atomic E-state index is -0.0564. The highest BCUT2D eigenvalue weighted by atomic mass is 35.5. The Labute approximate surface area is 112 Å². The van der Waals surface area contributed by atoms with Crippen molar-refractivity contribution in [2.24, 2.45) is 0 Å². The summed E-state index contributed by atoms with van der Waals surface area (Å²) in [5, 5.41) is 3.65. The summed E-state index contributed by atoms with van der Waals surface area (Å²) in [6.45, 7) is 4.46. The number of carbonyl (C=O) groups excluding carboxylic acids is 1. The molecule has 1 aromatic carbocycles. The highest BCUT2D eigenvalue weighted by molar-refractivity contribution is 6.30. The van der Waals surface area contributed by atoms with Crippen LogP contribution in [0.15, 0.2) is 24.3 Å². The van der Waals surface area contributed by atoms with Crippen molar-refractivity contribution in [1.29, 1.82) is 0 Å². The van der Waals surface area contributed by atoms with Gasteiger partial charge in [0.05, 0.1) is 19.3 Å². The second-order valence-electron chi connectivity index (χ2n) is 4.33. The molecule has 0 aliphatic carbocycles. The summed E-state index contributed by atoms with van der Waals surface area (Å²) in [6, 6.07) is 7.42. The van der Waals surface area contributed by atoms with Crippen LogP contribution in [-0.4, -0.2) is 37.2 Å². The lowest BCUT2D eigenvalue weighted by Gasteiger charge is -2.28. The molecule has 1 aliphatic rings. The third kappa shape index (κ3) is 3.37. The molecular formula is C13H17ClN2O2. The Bertz CT molecular complexity index is 419. The number of nitrogens with zero attached hydrogens (tertiary/aromatic N) is 1. The number of carbonyl (C=O) groups is 1. The van der Waals surface area contributed by atoms with Gasteiger partial charge in [0.1, 0.15) is 0 Å². The van der Waals surface area contributed by atoms with Gasteiger partial charge in [0.25, 0.3) is 0 Å². The number of amides is 2. The van der Waals surface area contributed by atoms with E-state index in [4.69, 9.17) is 16.3 Å². The quantitative estimate of drug-likeness (QED) is 0.895. The van der Waals surface area contributed by atoms with E-state index in [1.807, 2.05) is 31.2 Å². The van der Waals surface area contributed by atoms with E-state index < -0.39 is 0 Å². The van der Waals surface area contributed by atoms with E-state index in [1.54, 1.807) is 4.90 Å². The van der Waals surface area contributed by atoms with Crippen molar-refractivity contribution in [3.8, 4) is 0 Å². The standard InChI is InChI=1S/C13H17ClN2O2/c1-10(11-3-2-4-12(14)9-11)15-13(17)16-5-7-18-8-6-16/h2-4,9-10H,5-8H2,1H3,(H,15,17). The van der Waals surface area contributed by atoms with Crippen molar-refractivity contribution in [1.82, 2.24) is 10.2 Å². The number of nitrogens with one attached hydrogen (secondary N) is 1. The van der Waals surface area contributed by atoms with Crippen molar-refractivity contribution in [3.05, 3.63) is 34.9 Å². The number of halogens is 1. The Hall–Kier alpha value is -1.26. The van der Waals surface area contributed by atoms with Gasteiger partial charge in [-0.2, -0.15) is 0 Å². The smallest absolute Gasteiger partial charge is 0.318 e. The Morgan fingerprint density at radius 3 is 2.83 bits per heavy atom. The summed E-state index contributed by atoms with van der Waals surface area (Å²) >= 11 is 5.93. The average Bonchev–Trinajstić information content (AvgIpc) is 2.39. The van der Waals surface area contributed by atoms with Crippen molar-refractivity contribution in [2.75, 3.05) is 26.3 Å². The lowest BCUT2D eigenvalue weighted by atomic mass is 10.1. The van der Waals surface area contributed by atoms with Gasteiger partial charge in [-0.15, -0.1) is 0 Å². The van der Waals surface area contributed by atoms with E-state index in [2.05, 4.69) is 5.32 Å². The fourth-order valence-corrected chi connectivity index (χ4v) is 2.10. The first-order valence-corrected chi connectivity index (χ1v) is 6.43. The van der Waals surface area contributed by atoms with E-state index in [0.29, 0.717) is 31.3 Å². The number of benzene rings is 1. The molecule has 4 nitrogen and oxygen atoms in total. The molecule has 1 aromatic rings. The van der Waals surface area contributed by atoms with Crippen LogP contribution in [0.25, 0.3) is 0 Å². The molecule has 1 saturated heterocycles. The minimum Gasteiger partial charge on any atom is -0.378 e. The maximum Gasteiger partial charge on any atom is 0.318 e. The van der Waals surface area contributed by atoms with Gasteiger partial charge in [-0.1, -0.05) is 23.7 Å². The minimum absolute atomic E-state index is 0.0502. The normalized spacial score (nSPS) is 17.3. The first-order chi connectivity index (χ1) is 8.66. The predicted octanol–water partition coefficient (Wildman–Crippen LogP) is 2.44. The van der Waals surface area contributed by atoms with Crippen LogP contribution in [0, 0.1) is 0 Å². The van der Waals surface area contributed by atoms with Crippen molar-refractivity contribution in [3.63, 3.8) is 0 Å². The zero-order chi connectivity index (χ0) is 13.0. The topological polar surface area (TPSA) is 41.6 Å². The first-order valence-electron chi connectivity index (χ1n) is 6.05. The molecule has 0 radical (unpaired) electrons. The van der Waals surface area contributed by atoms with Crippen LogP contribution in [0.5, 0.6) is 0 Å². The Balaban J connectivity index is 1.94. The highest BCUT2D eigenvalue weighted by Gasteiger charge is 2.18. The van der Waals surface area contributed by atoms with E-state index >= 15 is 0 Å². The SMILES string of the molecule is CC(NC(=O)N1CCOCC1)c1cccc(Cl)c1. The number of morpholine rings is 1. The molecule has 0 saturated carbocycles. The zero-order valence-electron chi connectivity index (χ0n) is 10.4. The lowest BCUT2D eigenvalue weighted by Crippen LogP contribution is -2.46. The van der Waals surface area contributed by atoms with Crippen LogP contribution in [0.1, 0.15) is 18.5 Å². The van der Waals surface area contributed by atoms with Gasteiger partial charge >= 0.3 is 6.03 Å². The molecule has 0 aromatic heterocycles. The predicted molar refractivity (Wildman–Crippen MR) is 70.8 cm³/mol. The highest BCUT2D eigenvalue weighted by Crippen LogP contribution is 2.17. The zero-order valence-corrected chi connectivity index (χ0v) is 11.1. The number of urea groups is 1. The molecule has 0 spiro atoms. The van der Waals surface area contributed by atoms with Crippen LogP contribution < -0.4 is 5.32 Å². The van der Waals surface area contributed by atoms with Crippen LogP contribution in [0.2, 0.25) is 5.02 Å². The molecular weight excluding hydrogens is 252 g/mol. The molecule has 1 N–H and O–H groups in total. The maximum atomic E-state index is 12.0. The van der Waals surface area contributed by atoms with Crippen LogP contribution in [-0.2, 0) is 4.74 Å². The molecule has 1 heterocycles. The van der Waals surface area contributed by atoms with Gasteiger partial charge in [-0.25, -0.2) is 4.79 Å². The van der Waals surface area contributed by atoms with E-state index in [9.17, 15) is 4.79 Å². The van der Waals surface area contributed by atoms with Gasteiger partial charge in [0.15, 0.2) is 0 Å². The van der Waals surface area contributed by atoms with Gasteiger partial charge in [-0.3, -0.25) is 0 Å². The third-order valence-corrected chi connectivity index (χ3v) is 3.22. The summed E-state index contributed by atoms with van der Waals surface area (Å²) in [5.41, 5.74) is 1.00. The molecule has 1 fully saturated rings. The number of hydrogen-bond donors (Lipinski definition) is 1. The molecule has 0 bridgehead atoms. The molecule has 5 heteroatoms. The van der Waals surface area contributed by atoms with Crippen LogP contribution in [0.3, 0.4) is 0 Å². The summed E-state index contributed by atoms with van der Waals surface area (Å²) < 4.78 is 5.22. The molecule has 1 aliphatic heterocycles. The Morgan fingerprint density at radius 1 is 1.44 bits per heavy atom. The third-order valence-electron chi connectivity index (χ3n) is 2.99. The molecule has 98 valence electrons. The molecule has 2 rings (SSSR count).